The van der Waals surface area contributed by atoms with Crippen LogP contribution in [0.15, 0.2) is 18.7 Å². The van der Waals surface area contributed by atoms with Gasteiger partial charge in [-0.3, -0.25) is 0 Å². The van der Waals surface area contributed by atoms with Crippen molar-refractivity contribution in [2.45, 2.75) is 0 Å². The van der Waals surface area contributed by atoms with E-state index in [1.807, 2.05) is 0 Å². The van der Waals surface area contributed by atoms with Crippen LogP contribution in [0.3, 0.4) is 0 Å². The van der Waals surface area contributed by atoms with Crippen LogP contribution in [0.4, 0.5) is 4.79 Å². The number of rotatable bonds is 0. The van der Waals surface area contributed by atoms with Gasteiger partial charge in [-0.15, -0.1) is 6.42 Å². The summed E-state index contributed by atoms with van der Waals surface area (Å²) in [6.07, 6.45) is 7.31. The predicted octanol–water partition coefficient (Wildman–Crippen LogP) is -7.98. The van der Waals surface area contributed by atoms with E-state index in [-0.39, 0.29) is 103 Å². The number of carbonyl (C=O) groups is 1. The van der Waals surface area contributed by atoms with Crippen LogP contribution < -0.4 is 113 Å². The molecule has 0 atom stereocenters. The summed E-state index contributed by atoms with van der Waals surface area (Å²) in [7, 11) is 0. The summed E-state index contributed by atoms with van der Waals surface area (Å²) in [5.74, 6) is 2.40. The number of carbonyl (C=O) groups excluding carboxylic acids is 1. The van der Waals surface area contributed by atoms with Gasteiger partial charge in [0, 0.05) is 12.4 Å². The van der Waals surface area contributed by atoms with E-state index in [4.69, 9.17) is 21.4 Å². The van der Waals surface area contributed by atoms with Gasteiger partial charge in [0.15, 0.2) is 0 Å². The molecule has 1 aromatic heterocycles. The number of hydrogen-bond acceptors (Lipinski definition) is 5. The summed E-state index contributed by atoms with van der Waals surface area (Å²) in [6, 6.07) is 0. The zero-order chi connectivity index (χ0) is 9.40. The Hall–Kier alpha value is 1.18. The van der Waals surface area contributed by atoms with Crippen molar-refractivity contribution in [3.05, 3.63) is 24.3 Å². The Morgan fingerprint density at radius 1 is 1.29 bits per heavy atom. The van der Waals surface area contributed by atoms with Crippen LogP contribution in [0.5, 0.6) is 0 Å². The van der Waals surface area contributed by atoms with Gasteiger partial charge in [-0.2, -0.15) is 0 Å². The van der Waals surface area contributed by atoms with E-state index in [1.54, 1.807) is 12.4 Å². The van der Waals surface area contributed by atoms with Crippen LogP contribution in [-0.4, -0.2) is 16.1 Å². The minimum absolute atomic E-state index is 0. The fraction of sp³-hybridized carbons (Fsp3) is 0. The molecule has 1 aromatic rings. The SMILES string of the molecule is C#Cc1cncnc1.O=C([O-])[O-].[K+].[K+]. The number of nitrogens with zero attached hydrogens (tertiary/aromatic N) is 2. The van der Waals surface area contributed by atoms with Crippen LogP contribution in [-0.2, 0) is 0 Å². The van der Waals surface area contributed by atoms with Crippen molar-refractivity contribution in [3.8, 4) is 12.3 Å². The van der Waals surface area contributed by atoms with Crippen molar-refractivity contribution < 1.29 is 118 Å². The zero-order valence-electron chi connectivity index (χ0n) is 7.93. The first-order valence-corrected chi connectivity index (χ1v) is 2.76. The summed E-state index contributed by atoms with van der Waals surface area (Å²) in [6.45, 7) is 0. The molecule has 0 saturated carbocycles. The summed E-state index contributed by atoms with van der Waals surface area (Å²) >= 11 is 0. The molecular weight excluding hydrogens is 238 g/mol. The molecule has 0 aromatic carbocycles. The number of terminal acetylenes is 1. The molecule has 14 heavy (non-hydrogen) atoms. The van der Waals surface area contributed by atoms with E-state index in [0.29, 0.717) is 5.56 Å². The maximum atomic E-state index is 8.33. The maximum Gasteiger partial charge on any atom is 1.00 e. The Balaban J connectivity index is -0.000000180. The van der Waals surface area contributed by atoms with Crippen LogP contribution in [0.1, 0.15) is 5.56 Å². The molecule has 0 saturated heterocycles. The molecule has 0 amide bonds. The fourth-order valence-corrected chi connectivity index (χ4v) is 0.374. The monoisotopic (exact) mass is 242 g/mol. The maximum absolute atomic E-state index is 8.33. The van der Waals surface area contributed by atoms with Crippen molar-refractivity contribution in [1.82, 2.24) is 9.97 Å². The molecule has 0 aliphatic heterocycles. The first-order valence-electron chi connectivity index (χ1n) is 2.76. The van der Waals surface area contributed by atoms with Crippen molar-refractivity contribution in [2.75, 3.05) is 0 Å². The second kappa shape index (κ2) is 14.2. The molecule has 0 N–H and O–H groups in total. The molecule has 7 heteroatoms. The van der Waals surface area contributed by atoms with E-state index in [2.05, 4.69) is 15.9 Å². The van der Waals surface area contributed by atoms with Gasteiger partial charge in [-0.05, 0) is 6.16 Å². The van der Waals surface area contributed by atoms with Crippen LogP contribution in [0.25, 0.3) is 0 Å². The Labute approximate surface area is 167 Å². The Morgan fingerprint density at radius 3 is 1.86 bits per heavy atom. The zero-order valence-corrected chi connectivity index (χ0v) is 14.2. The van der Waals surface area contributed by atoms with Crippen molar-refractivity contribution >= 4 is 6.16 Å². The van der Waals surface area contributed by atoms with Crippen LogP contribution in [0, 0.1) is 12.3 Å². The molecule has 1 heterocycles. The Kier molecular flexibility index (Phi) is 20.8. The first-order chi connectivity index (χ1) is 5.66. The van der Waals surface area contributed by atoms with E-state index >= 15 is 0 Å². The Morgan fingerprint density at radius 2 is 1.64 bits per heavy atom. The van der Waals surface area contributed by atoms with Crippen molar-refractivity contribution in [3.63, 3.8) is 0 Å². The average molecular weight is 242 g/mol. The molecule has 0 radical (unpaired) electrons. The molecule has 0 fully saturated rings. The predicted molar refractivity (Wildman–Crippen MR) is 35.4 cm³/mol. The molecule has 1 rings (SSSR count). The second-order valence-electron chi connectivity index (χ2n) is 1.52. The van der Waals surface area contributed by atoms with E-state index in [1.165, 1.54) is 6.33 Å². The standard InChI is InChI=1S/C6H4N2.CH2O3.2K/c1-2-6-3-7-5-8-4-6;2-1(3)4;;/h1,3-5H;(H2,2,3,4);;/q;;2*+1/p-2. The molecule has 62 valence electrons. The van der Waals surface area contributed by atoms with Gasteiger partial charge in [-0.25, -0.2) is 9.97 Å². The summed E-state index contributed by atoms with van der Waals surface area (Å²) < 4.78 is 0. The largest absolute Gasteiger partial charge is 1.00 e. The molecule has 0 aliphatic rings. The quantitative estimate of drug-likeness (QED) is 0.333. The number of carboxylic acid groups (broad SMARTS) is 2. The van der Waals surface area contributed by atoms with Gasteiger partial charge in [0.05, 0.1) is 5.56 Å². The summed E-state index contributed by atoms with van der Waals surface area (Å²) in [5.41, 5.74) is 0.715. The van der Waals surface area contributed by atoms with Crippen LogP contribution in [0.2, 0.25) is 0 Å². The molecule has 0 spiro atoms. The molecule has 0 aliphatic carbocycles. The van der Waals surface area contributed by atoms with Crippen molar-refractivity contribution in [1.29, 1.82) is 0 Å². The fourth-order valence-electron chi connectivity index (χ4n) is 0.374. The summed E-state index contributed by atoms with van der Waals surface area (Å²) in [5, 5.41) is 16.7. The smallest absolute Gasteiger partial charge is 0.652 e. The van der Waals surface area contributed by atoms with E-state index in [0.717, 1.165) is 0 Å². The topological polar surface area (TPSA) is 89.0 Å². The number of aromatic nitrogens is 2. The van der Waals surface area contributed by atoms with E-state index < -0.39 is 6.16 Å². The molecule has 5 nitrogen and oxygen atoms in total. The van der Waals surface area contributed by atoms with Gasteiger partial charge >= 0.3 is 103 Å². The number of hydrogen-bond donors (Lipinski definition) is 0. The minimum atomic E-state index is -2.33. The van der Waals surface area contributed by atoms with Gasteiger partial charge in [0.25, 0.3) is 0 Å². The normalized spacial score (nSPS) is 6.21. The van der Waals surface area contributed by atoms with Gasteiger partial charge in [0.1, 0.15) is 6.33 Å². The van der Waals surface area contributed by atoms with Gasteiger partial charge in [-0.1, -0.05) is 5.92 Å². The van der Waals surface area contributed by atoms with Crippen LogP contribution >= 0.6 is 0 Å². The molecule has 0 unspecified atom stereocenters. The first kappa shape index (κ1) is 20.6. The minimum Gasteiger partial charge on any atom is -0.652 e. The van der Waals surface area contributed by atoms with Gasteiger partial charge < -0.3 is 15.0 Å². The average Bonchev–Trinajstić information content (AvgIpc) is 2.05. The molecule has 0 bridgehead atoms. The van der Waals surface area contributed by atoms with E-state index in [9.17, 15) is 0 Å². The second-order valence-corrected chi connectivity index (χ2v) is 1.52. The van der Waals surface area contributed by atoms with Gasteiger partial charge in [0.2, 0.25) is 0 Å². The Bertz CT molecular complexity index is 283. The summed E-state index contributed by atoms with van der Waals surface area (Å²) in [4.78, 5) is 15.7. The van der Waals surface area contributed by atoms with Crippen molar-refractivity contribution in [2.24, 2.45) is 0 Å². The third-order valence-electron chi connectivity index (χ3n) is 0.727. The third-order valence-corrected chi connectivity index (χ3v) is 0.727. The molecular formula is C7H4K2N2O3. The third kappa shape index (κ3) is 15.6.